The molecule has 2 aliphatic rings. The normalized spacial score (nSPS) is 27.1. The van der Waals surface area contributed by atoms with Crippen LogP contribution in [0.4, 0.5) is 0 Å². The van der Waals surface area contributed by atoms with E-state index in [0.717, 1.165) is 25.9 Å². The first kappa shape index (κ1) is 16.5. The van der Waals surface area contributed by atoms with E-state index in [2.05, 4.69) is 22.3 Å². The first-order chi connectivity index (χ1) is 11.0. The van der Waals surface area contributed by atoms with E-state index in [4.69, 9.17) is 0 Å². The van der Waals surface area contributed by atoms with Gasteiger partial charge in [0.25, 0.3) is 0 Å². The zero-order valence-corrected chi connectivity index (χ0v) is 14.1. The predicted molar refractivity (Wildman–Crippen MR) is 89.6 cm³/mol. The number of likely N-dealkylation sites (tertiary alicyclic amines) is 1. The van der Waals surface area contributed by atoms with Gasteiger partial charge in [-0.25, -0.2) is 8.42 Å². The summed E-state index contributed by atoms with van der Waals surface area (Å²) in [5, 5.41) is 2.98. The molecule has 1 aromatic carbocycles. The molecule has 1 aromatic rings. The minimum absolute atomic E-state index is 0.0442. The molecular formula is C17H24N2O3S. The number of carbonyl (C=O) groups is 1. The Balaban J connectivity index is 1.52. The highest BCUT2D eigenvalue weighted by Gasteiger charge is 2.32. The van der Waals surface area contributed by atoms with Gasteiger partial charge >= 0.3 is 0 Å². The maximum Gasteiger partial charge on any atom is 0.237 e. The van der Waals surface area contributed by atoms with E-state index >= 15 is 0 Å². The Kier molecular flexibility index (Phi) is 5.02. The third-order valence-electron chi connectivity index (χ3n) is 4.79. The Morgan fingerprint density at radius 2 is 2.00 bits per heavy atom. The molecule has 1 amide bonds. The molecule has 3 rings (SSSR count). The molecule has 0 saturated carbocycles. The van der Waals surface area contributed by atoms with Crippen LogP contribution in [-0.2, 0) is 21.2 Å². The minimum atomic E-state index is -2.88. The van der Waals surface area contributed by atoms with E-state index in [-0.39, 0.29) is 29.4 Å². The molecule has 6 heteroatoms. The summed E-state index contributed by atoms with van der Waals surface area (Å²) < 4.78 is 23.0. The number of rotatable bonds is 5. The van der Waals surface area contributed by atoms with Crippen LogP contribution in [0.5, 0.6) is 0 Å². The molecule has 0 radical (unpaired) electrons. The molecular weight excluding hydrogens is 312 g/mol. The van der Waals surface area contributed by atoms with Gasteiger partial charge in [0.05, 0.1) is 17.5 Å². The van der Waals surface area contributed by atoms with Crippen LogP contribution in [0.3, 0.4) is 0 Å². The van der Waals surface area contributed by atoms with Crippen LogP contribution in [-0.4, -0.2) is 49.9 Å². The van der Waals surface area contributed by atoms with Crippen molar-refractivity contribution in [2.75, 3.05) is 24.6 Å². The van der Waals surface area contributed by atoms with Gasteiger partial charge in [-0.2, -0.15) is 0 Å². The highest BCUT2D eigenvalue weighted by molar-refractivity contribution is 7.91. The highest BCUT2D eigenvalue weighted by Crippen LogP contribution is 2.21. The smallest absolute Gasteiger partial charge is 0.237 e. The van der Waals surface area contributed by atoms with Crippen LogP contribution < -0.4 is 5.32 Å². The van der Waals surface area contributed by atoms with Crippen LogP contribution in [0.1, 0.15) is 24.8 Å². The lowest BCUT2D eigenvalue weighted by Crippen LogP contribution is -2.44. The van der Waals surface area contributed by atoms with E-state index in [1.54, 1.807) is 0 Å². The summed E-state index contributed by atoms with van der Waals surface area (Å²) in [5.41, 5.74) is 1.22. The van der Waals surface area contributed by atoms with Gasteiger partial charge in [0.1, 0.15) is 0 Å². The number of benzene rings is 1. The van der Waals surface area contributed by atoms with E-state index in [1.807, 2.05) is 18.2 Å². The molecule has 5 nitrogen and oxygen atoms in total. The lowest BCUT2D eigenvalue weighted by atomic mass is 10.1. The highest BCUT2D eigenvalue weighted by atomic mass is 32.2. The van der Waals surface area contributed by atoms with E-state index in [9.17, 15) is 13.2 Å². The molecule has 2 aliphatic heterocycles. The number of hydrogen-bond acceptors (Lipinski definition) is 4. The van der Waals surface area contributed by atoms with Gasteiger partial charge < -0.3 is 5.32 Å². The maximum absolute atomic E-state index is 12.5. The SMILES string of the molecule is O=C(NC[C@H]1CCS(=O)(=O)C1)[C@@H]1CCCN1Cc1ccccc1. The van der Waals surface area contributed by atoms with Gasteiger partial charge in [0.2, 0.25) is 5.91 Å². The van der Waals surface area contributed by atoms with Gasteiger partial charge in [-0.1, -0.05) is 30.3 Å². The number of amides is 1. The fourth-order valence-electron chi connectivity index (χ4n) is 3.53. The summed E-state index contributed by atoms with van der Waals surface area (Å²) in [6.45, 7) is 2.20. The summed E-state index contributed by atoms with van der Waals surface area (Å²) in [6.07, 6.45) is 2.57. The molecule has 2 fully saturated rings. The first-order valence-electron chi connectivity index (χ1n) is 8.29. The fourth-order valence-corrected chi connectivity index (χ4v) is 5.39. The summed E-state index contributed by atoms with van der Waals surface area (Å²) in [7, 11) is -2.88. The van der Waals surface area contributed by atoms with Crippen molar-refractivity contribution >= 4 is 15.7 Å². The van der Waals surface area contributed by atoms with Gasteiger partial charge in [-0.3, -0.25) is 9.69 Å². The van der Waals surface area contributed by atoms with Crippen molar-refractivity contribution in [1.29, 1.82) is 0 Å². The topological polar surface area (TPSA) is 66.5 Å². The molecule has 0 spiro atoms. The number of sulfone groups is 1. The van der Waals surface area contributed by atoms with Crippen LogP contribution in [0.2, 0.25) is 0 Å². The van der Waals surface area contributed by atoms with Crippen molar-refractivity contribution < 1.29 is 13.2 Å². The van der Waals surface area contributed by atoms with E-state index in [1.165, 1.54) is 5.56 Å². The second-order valence-electron chi connectivity index (χ2n) is 6.63. The molecule has 2 saturated heterocycles. The quantitative estimate of drug-likeness (QED) is 0.877. The van der Waals surface area contributed by atoms with E-state index in [0.29, 0.717) is 13.0 Å². The Hall–Kier alpha value is -1.40. The Labute approximate surface area is 138 Å². The van der Waals surface area contributed by atoms with Crippen LogP contribution >= 0.6 is 0 Å². The third-order valence-corrected chi connectivity index (χ3v) is 6.62. The van der Waals surface area contributed by atoms with Crippen molar-refractivity contribution in [1.82, 2.24) is 10.2 Å². The molecule has 2 atom stereocenters. The number of carbonyl (C=O) groups excluding carboxylic acids is 1. The summed E-state index contributed by atoms with van der Waals surface area (Å²) >= 11 is 0. The minimum Gasteiger partial charge on any atom is -0.354 e. The molecule has 23 heavy (non-hydrogen) atoms. The zero-order valence-electron chi connectivity index (χ0n) is 13.3. The molecule has 2 heterocycles. The molecule has 126 valence electrons. The molecule has 0 bridgehead atoms. The Morgan fingerprint density at radius 1 is 1.22 bits per heavy atom. The molecule has 0 aromatic heterocycles. The van der Waals surface area contributed by atoms with Gasteiger partial charge in [0.15, 0.2) is 9.84 Å². The third kappa shape index (κ3) is 4.32. The van der Waals surface area contributed by atoms with Crippen molar-refractivity contribution in [2.45, 2.75) is 31.8 Å². The summed E-state index contributed by atoms with van der Waals surface area (Å²) in [5.74, 6) is 0.596. The van der Waals surface area contributed by atoms with Crippen LogP contribution in [0.25, 0.3) is 0 Å². The number of nitrogens with one attached hydrogen (secondary N) is 1. The van der Waals surface area contributed by atoms with Crippen molar-refractivity contribution in [3.63, 3.8) is 0 Å². The largest absolute Gasteiger partial charge is 0.354 e. The van der Waals surface area contributed by atoms with Crippen molar-refractivity contribution in [3.8, 4) is 0 Å². The monoisotopic (exact) mass is 336 g/mol. The fraction of sp³-hybridized carbons (Fsp3) is 0.588. The second-order valence-corrected chi connectivity index (χ2v) is 8.86. The average Bonchev–Trinajstić information content (AvgIpc) is 3.12. The van der Waals surface area contributed by atoms with Gasteiger partial charge in [0, 0.05) is 13.1 Å². The summed E-state index contributed by atoms with van der Waals surface area (Å²) in [4.78, 5) is 14.7. The first-order valence-corrected chi connectivity index (χ1v) is 10.1. The van der Waals surface area contributed by atoms with Gasteiger partial charge in [-0.15, -0.1) is 0 Å². The zero-order chi connectivity index (χ0) is 16.3. The average molecular weight is 336 g/mol. The Morgan fingerprint density at radius 3 is 2.70 bits per heavy atom. The lowest BCUT2D eigenvalue weighted by molar-refractivity contribution is -0.125. The Bertz CT molecular complexity index is 645. The molecule has 1 N–H and O–H groups in total. The van der Waals surface area contributed by atoms with Gasteiger partial charge in [-0.05, 0) is 37.3 Å². The molecule has 0 aliphatic carbocycles. The van der Waals surface area contributed by atoms with Crippen molar-refractivity contribution in [2.24, 2.45) is 5.92 Å². The number of hydrogen-bond donors (Lipinski definition) is 1. The van der Waals surface area contributed by atoms with Crippen molar-refractivity contribution in [3.05, 3.63) is 35.9 Å². The second kappa shape index (κ2) is 7.01. The summed E-state index contributed by atoms with van der Waals surface area (Å²) in [6, 6.07) is 10.1. The molecule has 0 unspecified atom stereocenters. The predicted octanol–water partition coefficient (Wildman–Crippen LogP) is 1.20. The lowest BCUT2D eigenvalue weighted by Gasteiger charge is -2.24. The van der Waals surface area contributed by atoms with Crippen LogP contribution in [0.15, 0.2) is 30.3 Å². The van der Waals surface area contributed by atoms with Crippen LogP contribution in [0, 0.1) is 5.92 Å². The number of nitrogens with zero attached hydrogens (tertiary/aromatic N) is 1. The standard InChI is InChI=1S/C17H24N2O3S/c20-17(18-11-15-8-10-23(21,22)13-15)16-7-4-9-19(16)12-14-5-2-1-3-6-14/h1-3,5-6,15-16H,4,7-13H2,(H,18,20)/t15-,16+/m1/s1. The van der Waals surface area contributed by atoms with E-state index < -0.39 is 9.84 Å². The maximum atomic E-state index is 12.5.